The topological polar surface area (TPSA) is 133 Å². The quantitative estimate of drug-likeness (QED) is 0.429. The Morgan fingerprint density at radius 3 is 2.12 bits per heavy atom. The van der Waals surface area contributed by atoms with Crippen LogP contribution in [-0.2, 0) is 0 Å². The first-order valence-corrected chi connectivity index (χ1v) is 10.7. The largest absolute Gasteiger partial charge is 0.460 e. The van der Waals surface area contributed by atoms with Gasteiger partial charge in [-0.2, -0.15) is 10.2 Å². The molecular formula is C23H24N6O4. The van der Waals surface area contributed by atoms with E-state index in [0.29, 0.717) is 48.1 Å². The van der Waals surface area contributed by atoms with Crippen molar-refractivity contribution >= 4 is 11.8 Å². The lowest BCUT2D eigenvalue weighted by Crippen LogP contribution is -2.48. The Labute approximate surface area is 189 Å². The van der Waals surface area contributed by atoms with Crippen LogP contribution in [0.4, 0.5) is 0 Å². The number of carbonyl (C=O) groups is 2. The van der Waals surface area contributed by atoms with Crippen LogP contribution in [0.1, 0.15) is 45.8 Å². The van der Waals surface area contributed by atoms with E-state index in [-0.39, 0.29) is 17.5 Å². The van der Waals surface area contributed by atoms with Crippen molar-refractivity contribution in [1.82, 2.24) is 30.6 Å². The summed E-state index contributed by atoms with van der Waals surface area (Å²) in [7, 11) is 0. The molecule has 3 N–H and O–H groups in total. The van der Waals surface area contributed by atoms with Gasteiger partial charge < -0.3 is 19.1 Å². The molecule has 0 spiro atoms. The molecule has 1 aliphatic rings. The number of aryl methyl sites for hydroxylation is 2. The number of aromatic amines is 2. The second-order valence-electron chi connectivity index (χ2n) is 8.65. The van der Waals surface area contributed by atoms with Gasteiger partial charge in [0, 0.05) is 25.2 Å². The molecule has 10 heteroatoms. The summed E-state index contributed by atoms with van der Waals surface area (Å²) in [6, 6.07) is 10.7. The zero-order chi connectivity index (χ0) is 23.2. The Morgan fingerprint density at radius 1 is 0.970 bits per heavy atom. The van der Waals surface area contributed by atoms with Crippen molar-refractivity contribution in [2.24, 2.45) is 0 Å². The number of furan rings is 2. The number of H-pyrrole nitrogens is 2. The summed E-state index contributed by atoms with van der Waals surface area (Å²) >= 11 is 0. The summed E-state index contributed by atoms with van der Waals surface area (Å²) in [5, 5.41) is 17.0. The molecule has 1 atom stereocenters. The Bertz CT molecular complexity index is 1330. The van der Waals surface area contributed by atoms with Crippen molar-refractivity contribution in [1.29, 1.82) is 0 Å². The van der Waals surface area contributed by atoms with Crippen LogP contribution in [0.5, 0.6) is 0 Å². The van der Waals surface area contributed by atoms with E-state index in [9.17, 15) is 9.59 Å². The van der Waals surface area contributed by atoms with Gasteiger partial charge in [-0.15, -0.1) is 0 Å². The molecule has 1 fully saturated rings. The molecule has 170 valence electrons. The molecule has 1 saturated heterocycles. The van der Waals surface area contributed by atoms with Crippen molar-refractivity contribution in [3.63, 3.8) is 0 Å². The molecule has 4 aromatic heterocycles. The molecule has 2 amide bonds. The molecule has 33 heavy (non-hydrogen) atoms. The monoisotopic (exact) mass is 448 g/mol. The standard InChI is InChI=1S/C23H24N6O4/c1-13-4-6-19(32-13)15-10-17(27-25-15)21(30)24-23(3)8-9-29(12-23)22(31)18-11-16(26-28-18)20-7-5-14(2)33-20/h4-7,10-11H,8-9,12H2,1-3H3,(H,24,30)(H,25,27)(H,26,28). The summed E-state index contributed by atoms with van der Waals surface area (Å²) < 4.78 is 11.1. The zero-order valence-electron chi connectivity index (χ0n) is 18.6. The molecule has 4 aromatic rings. The number of nitrogens with one attached hydrogen (secondary N) is 3. The van der Waals surface area contributed by atoms with Crippen molar-refractivity contribution in [2.45, 2.75) is 32.7 Å². The number of aromatic nitrogens is 4. The van der Waals surface area contributed by atoms with Crippen LogP contribution in [0.2, 0.25) is 0 Å². The Kier molecular flexibility index (Phi) is 4.92. The third-order valence-corrected chi connectivity index (χ3v) is 5.79. The van der Waals surface area contributed by atoms with E-state index in [4.69, 9.17) is 8.83 Å². The van der Waals surface area contributed by atoms with Gasteiger partial charge in [-0.3, -0.25) is 19.8 Å². The Hall–Kier alpha value is -4.08. The SMILES string of the molecule is Cc1ccc(-c2cc(C(=O)NC3(C)CCN(C(=O)c4cc(-c5ccc(C)o5)[nH]n4)C3)n[nH]2)o1. The van der Waals surface area contributed by atoms with Crippen molar-refractivity contribution in [2.75, 3.05) is 13.1 Å². The lowest BCUT2D eigenvalue weighted by molar-refractivity contribution is 0.0763. The molecule has 0 bridgehead atoms. The van der Waals surface area contributed by atoms with E-state index < -0.39 is 5.54 Å². The van der Waals surface area contributed by atoms with Crippen molar-refractivity contribution in [3.8, 4) is 22.9 Å². The van der Waals surface area contributed by atoms with Gasteiger partial charge in [-0.05, 0) is 51.5 Å². The molecule has 1 aliphatic heterocycles. The summed E-state index contributed by atoms with van der Waals surface area (Å²) in [6.07, 6.45) is 0.619. The maximum atomic E-state index is 13.0. The number of rotatable bonds is 5. The van der Waals surface area contributed by atoms with Crippen LogP contribution in [0.15, 0.2) is 45.2 Å². The third-order valence-electron chi connectivity index (χ3n) is 5.79. The summed E-state index contributed by atoms with van der Waals surface area (Å²) in [4.78, 5) is 27.5. The minimum absolute atomic E-state index is 0.200. The molecule has 0 saturated carbocycles. The van der Waals surface area contributed by atoms with E-state index in [1.165, 1.54) is 0 Å². The molecular weight excluding hydrogens is 424 g/mol. The second kappa shape index (κ2) is 7.80. The van der Waals surface area contributed by atoms with Crippen molar-refractivity contribution in [3.05, 3.63) is 59.3 Å². The van der Waals surface area contributed by atoms with Crippen LogP contribution in [0.25, 0.3) is 22.9 Å². The fourth-order valence-corrected chi connectivity index (χ4v) is 4.02. The lowest BCUT2D eigenvalue weighted by Gasteiger charge is -2.25. The van der Waals surface area contributed by atoms with Crippen LogP contribution in [0.3, 0.4) is 0 Å². The van der Waals surface area contributed by atoms with E-state index in [2.05, 4.69) is 25.7 Å². The molecule has 10 nitrogen and oxygen atoms in total. The predicted molar refractivity (Wildman–Crippen MR) is 118 cm³/mol. The van der Waals surface area contributed by atoms with Crippen LogP contribution < -0.4 is 5.32 Å². The first kappa shape index (κ1) is 20.8. The van der Waals surface area contributed by atoms with Gasteiger partial charge in [-0.1, -0.05) is 0 Å². The average Bonchev–Trinajstić information content (AvgIpc) is 3.58. The zero-order valence-corrected chi connectivity index (χ0v) is 18.6. The summed E-state index contributed by atoms with van der Waals surface area (Å²) in [5.41, 5.74) is 1.26. The maximum Gasteiger partial charge on any atom is 0.274 e. The van der Waals surface area contributed by atoms with Gasteiger partial charge >= 0.3 is 0 Å². The van der Waals surface area contributed by atoms with Gasteiger partial charge in [0.05, 0.1) is 5.54 Å². The number of hydrogen-bond donors (Lipinski definition) is 3. The Morgan fingerprint density at radius 2 is 1.55 bits per heavy atom. The van der Waals surface area contributed by atoms with E-state index in [1.807, 2.05) is 45.0 Å². The highest BCUT2D eigenvalue weighted by molar-refractivity contribution is 5.95. The molecule has 0 radical (unpaired) electrons. The first-order chi connectivity index (χ1) is 15.8. The lowest BCUT2D eigenvalue weighted by atomic mass is 10.0. The number of likely N-dealkylation sites (tertiary alicyclic amines) is 1. The highest BCUT2D eigenvalue weighted by Crippen LogP contribution is 2.26. The van der Waals surface area contributed by atoms with Crippen molar-refractivity contribution < 1.29 is 18.4 Å². The number of carbonyl (C=O) groups excluding carboxylic acids is 2. The van der Waals surface area contributed by atoms with E-state index in [0.717, 1.165) is 11.5 Å². The molecule has 0 aromatic carbocycles. The number of nitrogens with zero attached hydrogens (tertiary/aromatic N) is 3. The minimum atomic E-state index is -0.579. The highest BCUT2D eigenvalue weighted by Gasteiger charge is 2.38. The number of hydrogen-bond acceptors (Lipinski definition) is 6. The third kappa shape index (κ3) is 4.07. The highest BCUT2D eigenvalue weighted by atomic mass is 16.3. The molecule has 1 unspecified atom stereocenters. The fourth-order valence-electron chi connectivity index (χ4n) is 4.02. The fraction of sp³-hybridized carbons (Fsp3) is 0.304. The minimum Gasteiger partial charge on any atom is -0.460 e. The molecule has 5 heterocycles. The second-order valence-corrected chi connectivity index (χ2v) is 8.65. The average molecular weight is 448 g/mol. The van der Waals surface area contributed by atoms with Crippen LogP contribution in [-0.4, -0.2) is 55.7 Å². The van der Waals surface area contributed by atoms with Crippen LogP contribution >= 0.6 is 0 Å². The predicted octanol–water partition coefficient (Wildman–Crippen LogP) is 3.30. The van der Waals surface area contributed by atoms with Crippen LogP contribution in [0, 0.1) is 13.8 Å². The maximum absolute atomic E-state index is 13.0. The van der Waals surface area contributed by atoms with Gasteiger partial charge in [-0.25, -0.2) is 0 Å². The molecule has 5 rings (SSSR count). The van der Waals surface area contributed by atoms with E-state index >= 15 is 0 Å². The first-order valence-electron chi connectivity index (χ1n) is 10.7. The van der Waals surface area contributed by atoms with Gasteiger partial charge in [0.2, 0.25) is 0 Å². The number of amides is 2. The molecule has 0 aliphatic carbocycles. The Balaban J connectivity index is 1.23. The summed E-state index contributed by atoms with van der Waals surface area (Å²) in [5.74, 6) is 2.28. The van der Waals surface area contributed by atoms with E-state index in [1.54, 1.807) is 17.0 Å². The van der Waals surface area contributed by atoms with Gasteiger partial charge in [0.1, 0.15) is 22.9 Å². The smallest absolute Gasteiger partial charge is 0.274 e. The normalized spacial score (nSPS) is 18.1. The summed E-state index contributed by atoms with van der Waals surface area (Å²) in [6.45, 7) is 6.50. The van der Waals surface area contributed by atoms with Gasteiger partial charge in [0.15, 0.2) is 22.9 Å². The van der Waals surface area contributed by atoms with Gasteiger partial charge in [0.25, 0.3) is 11.8 Å².